The van der Waals surface area contributed by atoms with E-state index in [9.17, 15) is 5.26 Å². The normalized spacial score (nSPS) is 13.8. The van der Waals surface area contributed by atoms with Crippen molar-refractivity contribution >= 4 is 29.4 Å². The molecule has 0 aliphatic heterocycles. The summed E-state index contributed by atoms with van der Waals surface area (Å²) in [7, 11) is -2.95. The van der Waals surface area contributed by atoms with E-state index in [4.69, 9.17) is 0 Å². The van der Waals surface area contributed by atoms with Crippen LogP contribution in [0, 0.1) is 11.3 Å². The van der Waals surface area contributed by atoms with Crippen molar-refractivity contribution in [3.63, 3.8) is 0 Å². The SMILES string of the molecule is C=C(C#N)CP(c1ccccc1)C([Si](C)(C)C)[Si](C)(C)C. The molecule has 0 aliphatic carbocycles. The molecule has 0 fully saturated rings. The minimum absolute atomic E-state index is 0.339. The molecule has 0 bridgehead atoms. The molecule has 0 N–H and O–H groups in total. The van der Waals surface area contributed by atoms with Gasteiger partial charge in [0.2, 0.25) is 0 Å². The average molecular weight is 334 g/mol. The van der Waals surface area contributed by atoms with E-state index in [2.05, 4.69) is 82.3 Å². The van der Waals surface area contributed by atoms with Gasteiger partial charge in [-0.15, -0.1) is 0 Å². The predicted octanol–water partition coefficient (Wildman–Crippen LogP) is 5.00. The van der Waals surface area contributed by atoms with Crippen LogP contribution in [-0.4, -0.2) is 27.2 Å². The highest BCUT2D eigenvalue weighted by atomic mass is 31.1. The first-order valence-corrected chi connectivity index (χ1v) is 16.2. The lowest BCUT2D eigenvalue weighted by molar-refractivity contribution is 1.41. The van der Waals surface area contributed by atoms with E-state index in [1.54, 1.807) is 0 Å². The summed E-state index contributed by atoms with van der Waals surface area (Å²) >= 11 is 0. The molecule has 1 atom stereocenters. The molecule has 0 heterocycles. The molecule has 0 saturated carbocycles. The standard InChI is InChI=1S/C17H28NPSi2/c1-15(13-18)14-19(16-11-9-8-10-12-16)17(20(2,3)4)21(5,6)7/h8-12,17H,1,14H2,2-7H3. The van der Waals surface area contributed by atoms with Crippen LogP contribution in [0.1, 0.15) is 0 Å². The van der Waals surface area contributed by atoms with Gasteiger partial charge in [-0.3, -0.25) is 0 Å². The van der Waals surface area contributed by atoms with Gasteiger partial charge in [0.25, 0.3) is 0 Å². The summed E-state index contributed by atoms with van der Waals surface area (Å²) in [4.78, 5) is 0.799. The van der Waals surface area contributed by atoms with Crippen LogP contribution in [-0.2, 0) is 0 Å². The fraction of sp³-hybridized carbons (Fsp3) is 0.471. The molecule has 0 aliphatic rings. The summed E-state index contributed by atoms with van der Waals surface area (Å²) in [6.45, 7) is 18.9. The molecular formula is C17H28NPSi2. The third-order valence-electron chi connectivity index (χ3n) is 3.56. The van der Waals surface area contributed by atoms with E-state index in [1.807, 2.05) is 0 Å². The maximum Gasteiger partial charge on any atom is 0.0944 e. The van der Waals surface area contributed by atoms with Crippen LogP contribution >= 0.6 is 7.92 Å². The van der Waals surface area contributed by atoms with E-state index < -0.39 is 16.1 Å². The summed E-state index contributed by atoms with van der Waals surface area (Å²) < 4.78 is 0. The Morgan fingerprint density at radius 3 is 1.95 bits per heavy atom. The van der Waals surface area contributed by atoms with Crippen molar-refractivity contribution in [3.05, 3.63) is 42.5 Å². The molecule has 21 heavy (non-hydrogen) atoms. The van der Waals surface area contributed by atoms with Crippen LogP contribution in [0.3, 0.4) is 0 Å². The molecule has 0 radical (unpaired) electrons. The molecule has 1 unspecified atom stereocenters. The van der Waals surface area contributed by atoms with E-state index in [1.165, 1.54) is 5.30 Å². The van der Waals surface area contributed by atoms with Gasteiger partial charge in [0.15, 0.2) is 0 Å². The number of nitrogens with zero attached hydrogens (tertiary/aromatic N) is 1. The van der Waals surface area contributed by atoms with Crippen molar-refractivity contribution in [3.8, 4) is 6.07 Å². The highest BCUT2D eigenvalue weighted by molar-refractivity contribution is 7.72. The Kier molecular flexibility index (Phi) is 6.16. The first-order valence-electron chi connectivity index (χ1n) is 7.47. The Bertz CT molecular complexity index is 506. The number of hydrogen-bond acceptors (Lipinski definition) is 1. The molecule has 114 valence electrons. The molecule has 0 spiro atoms. The quantitative estimate of drug-likeness (QED) is 0.408. The van der Waals surface area contributed by atoms with E-state index in [0.29, 0.717) is 0 Å². The Balaban J connectivity index is 3.33. The molecule has 0 saturated heterocycles. The zero-order chi connectivity index (χ0) is 16.3. The third kappa shape index (κ3) is 5.22. The average Bonchev–Trinajstić information content (AvgIpc) is 2.35. The lowest BCUT2D eigenvalue weighted by atomic mass is 10.4. The Morgan fingerprint density at radius 2 is 1.57 bits per heavy atom. The first-order chi connectivity index (χ1) is 9.57. The topological polar surface area (TPSA) is 23.8 Å². The fourth-order valence-corrected chi connectivity index (χ4v) is 24.4. The maximum absolute atomic E-state index is 9.20. The number of nitriles is 1. The molecule has 4 heteroatoms. The molecule has 0 amide bonds. The smallest absolute Gasteiger partial charge is 0.0944 e. The largest absolute Gasteiger partial charge is 0.193 e. The fourth-order valence-electron chi connectivity index (χ4n) is 3.43. The Labute approximate surface area is 133 Å². The lowest BCUT2D eigenvalue weighted by Crippen LogP contribution is -2.54. The summed E-state index contributed by atoms with van der Waals surface area (Å²) in [6.07, 6.45) is 0.870. The number of benzene rings is 1. The van der Waals surface area contributed by atoms with Crippen molar-refractivity contribution in [2.45, 2.75) is 44.2 Å². The van der Waals surface area contributed by atoms with Gasteiger partial charge in [-0.1, -0.05) is 84.1 Å². The summed E-state index contributed by atoms with van der Waals surface area (Å²) in [5, 5.41) is 10.6. The molecule has 1 rings (SSSR count). The maximum atomic E-state index is 9.20. The van der Waals surface area contributed by atoms with Crippen molar-refractivity contribution in [2.24, 2.45) is 0 Å². The first kappa shape index (κ1) is 18.4. The Morgan fingerprint density at radius 1 is 1.10 bits per heavy atom. The van der Waals surface area contributed by atoms with Crippen LogP contribution in [0.15, 0.2) is 42.5 Å². The molecule has 1 aromatic carbocycles. The van der Waals surface area contributed by atoms with Crippen molar-refractivity contribution in [2.75, 3.05) is 6.16 Å². The van der Waals surface area contributed by atoms with Crippen molar-refractivity contribution < 1.29 is 0 Å². The van der Waals surface area contributed by atoms with Gasteiger partial charge in [-0.2, -0.15) is 5.26 Å². The zero-order valence-electron chi connectivity index (χ0n) is 14.3. The molecular weight excluding hydrogens is 305 g/mol. The van der Waals surface area contributed by atoms with Crippen LogP contribution in [0.4, 0.5) is 0 Å². The Hall–Kier alpha value is -0.686. The third-order valence-corrected chi connectivity index (χ3v) is 20.9. The van der Waals surface area contributed by atoms with Gasteiger partial charge < -0.3 is 0 Å². The van der Waals surface area contributed by atoms with Gasteiger partial charge in [0.05, 0.1) is 6.07 Å². The van der Waals surface area contributed by atoms with E-state index in [0.717, 1.165) is 16.6 Å². The second-order valence-electron chi connectivity index (χ2n) is 7.81. The highest BCUT2D eigenvalue weighted by Crippen LogP contribution is 2.49. The van der Waals surface area contributed by atoms with Gasteiger partial charge in [-0.05, 0) is 10.2 Å². The van der Waals surface area contributed by atoms with Gasteiger partial charge in [0, 0.05) is 27.9 Å². The minimum Gasteiger partial charge on any atom is -0.193 e. The van der Waals surface area contributed by atoms with E-state index in [-0.39, 0.29) is 7.92 Å². The van der Waals surface area contributed by atoms with Gasteiger partial charge in [-0.25, -0.2) is 0 Å². The van der Waals surface area contributed by atoms with Crippen molar-refractivity contribution in [1.82, 2.24) is 0 Å². The molecule has 1 aromatic rings. The minimum atomic E-state index is -1.31. The second kappa shape index (κ2) is 7.05. The second-order valence-corrected chi connectivity index (χ2v) is 22.3. The summed E-state index contributed by atoms with van der Waals surface area (Å²) in [6, 6.07) is 13.1. The zero-order valence-corrected chi connectivity index (χ0v) is 17.2. The van der Waals surface area contributed by atoms with Crippen LogP contribution in [0.5, 0.6) is 0 Å². The van der Waals surface area contributed by atoms with Gasteiger partial charge in [0.1, 0.15) is 0 Å². The van der Waals surface area contributed by atoms with Crippen molar-refractivity contribution in [1.29, 1.82) is 5.26 Å². The number of allylic oxidation sites excluding steroid dienone is 1. The number of hydrogen-bond donors (Lipinski definition) is 0. The van der Waals surface area contributed by atoms with Crippen LogP contribution in [0.2, 0.25) is 39.3 Å². The summed E-state index contributed by atoms with van der Waals surface area (Å²) in [5.41, 5.74) is 0.742. The number of rotatable bonds is 6. The van der Waals surface area contributed by atoms with E-state index >= 15 is 0 Å². The summed E-state index contributed by atoms with van der Waals surface area (Å²) in [5.74, 6) is 0. The molecule has 0 aromatic heterocycles. The predicted molar refractivity (Wildman–Crippen MR) is 103 cm³/mol. The highest BCUT2D eigenvalue weighted by Gasteiger charge is 2.43. The van der Waals surface area contributed by atoms with Crippen LogP contribution in [0.25, 0.3) is 0 Å². The van der Waals surface area contributed by atoms with Gasteiger partial charge >= 0.3 is 0 Å². The van der Waals surface area contributed by atoms with Crippen LogP contribution < -0.4 is 5.30 Å². The monoisotopic (exact) mass is 333 g/mol. The molecule has 1 nitrogen and oxygen atoms in total. The lowest BCUT2D eigenvalue weighted by Gasteiger charge is -2.44.